The summed E-state index contributed by atoms with van der Waals surface area (Å²) in [7, 11) is 0. The van der Waals surface area contributed by atoms with Crippen LogP contribution in [-0.4, -0.2) is 37.9 Å². The number of hydrogen-bond acceptors (Lipinski definition) is 5. The van der Waals surface area contributed by atoms with E-state index in [0.29, 0.717) is 19.4 Å². The van der Waals surface area contributed by atoms with Crippen molar-refractivity contribution in [1.82, 2.24) is 0 Å². The van der Waals surface area contributed by atoms with Crippen molar-refractivity contribution in [1.29, 1.82) is 0 Å². The molecule has 0 bridgehead atoms. The van der Waals surface area contributed by atoms with Gasteiger partial charge in [-0.3, -0.25) is 9.59 Å². The second-order valence-corrected chi connectivity index (χ2v) is 18.5. The SMILES string of the molecule is CCCCC/C=C\C/C=C\CCCCCCCCCCCC(=O)OCC(COCCCCCCCCCCCC)OC(=O)CCCCCCCCC/C=C\CCCCCCCC. The summed E-state index contributed by atoms with van der Waals surface area (Å²) in [5.74, 6) is -0.392. The van der Waals surface area contributed by atoms with E-state index in [0.717, 1.165) is 38.5 Å². The first-order valence-corrected chi connectivity index (χ1v) is 27.5. The van der Waals surface area contributed by atoms with Crippen LogP contribution in [0.15, 0.2) is 36.5 Å². The molecule has 0 saturated carbocycles. The van der Waals surface area contributed by atoms with Crippen molar-refractivity contribution < 1.29 is 23.8 Å². The summed E-state index contributed by atoms with van der Waals surface area (Å²) in [5.41, 5.74) is 0. The van der Waals surface area contributed by atoms with Crippen LogP contribution in [0.2, 0.25) is 0 Å². The Morgan fingerprint density at radius 3 is 1.11 bits per heavy atom. The van der Waals surface area contributed by atoms with Crippen LogP contribution in [0, 0.1) is 0 Å². The van der Waals surface area contributed by atoms with Crippen LogP contribution in [0.4, 0.5) is 0 Å². The average Bonchev–Trinajstić information content (AvgIpc) is 3.27. The summed E-state index contributed by atoms with van der Waals surface area (Å²) < 4.78 is 17.4. The molecule has 0 aliphatic rings. The monoisotopic (exact) mass is 871 g/mol. The maximum absolute atomic E-state index is 12.8. The number of hydrogen-bond donors (Lipinski definition) is 0. The van der Waals surface area contributed by atoms with Crippen LogP contribution in [0.25, 0.3) is 0 Å². The standard InChI is InChI=1S/C57H106O5/c1-4-7-10-13-16-19-22-24-26-28-29-31-32-34-36-38-41-44-47-50-56(58)61-54-55(53-60-52-49-46-43-40-21-18-15-12-9-6-3)62-57(59)51-48-45-42-39-37-35-33-30-27-25-23-20-17-14-11-8-5-2/h16,19,24-27,55H,4-15,17-18,20-23,28-54H2,1-3H3/b19-16-,26-24-,27-25-. The molecule has 0 saturated heterocycles. The fourth-order valence-electron chi connectivity index (χ4n) is 8.01. The highest BCUT2D eigenvalue weighted by Gasteiger charge is 2.17. The van der Waals surface area contributed by atoms with Gasteiger partial charge in [-0.1, -0.05) is 237 Å². The highest BCUT2D eigenvalue weighted by Crippen LogP contribution is 2.15. The van der Waals surface area contributed by atoms with Gasteiger partial charge in [-0.15, -0.1) is 0 Å². The highest BCUT2D eigenvalue weighted by molar-refractivity contribution is 5.70. The molecule has 0 radical (unpaired) electrons. The Bertz CT molecular complexity index is 986. The topological polar surface area (TPSA) is 61.8 Å². The van der Waals surface area contributed by atoms with Crippen molar-refractivity contribution in [3.05, 3.63) is 36.5 Å². The molecule has 0 aromatic rings. The quantitative estimate of drug-likeness (QED) is 0.0346. The third kappa shape index (κ3) is 50.8. The van der Waals surface area contributed by atoms with Crippen LogP contribution in [0.3, 0.4) is 0 Å². The van der Waals surface area contributed by atoms with E-state index in [1.807, 2.05) is 0 Å². The first-order chi connectivity index (χ1) is 30.6. The van der Waals surface area contributed by atoms with E-state index in [1.54, 1.807) is 0 Å². The number of unbranched alkanes of at least 4 members (excludes halogenated alkanes) is 34. The molecule has 0 aromatic heterocycles. The third-order valence-electron chi connectivity index (χ3n) is 12.1. The number of ether oxygens (including phenoxy) is 3. The second-order valence-electron chi connectivity index (χ2n) is 18.5. The van der Waals surface area contributed by atoms with Gasteiger partial charge in [0.2, 0.25) is 0 Å². The molecule has 1 atom stereocenters. The number of esters is 2. The molecule has 0 aliphatic heterocycles. The lowest BCUT2D eigenvalue weighted by atomic mass is 10.1. The molecule has 0 heterocycles. The van der Waals surface area contributed by atoms with Crippen molar-refractivity contribution in [2.24, 2.45) is 0 Å². The van der Waals surface area contributed by atoms with Crippen molar-refractivity contribution in [3.8, 4) is 0 Å². The molecular weight excluding hydrogens is 765 g/mol. The minimum atomic E-state index is -0.535. The number of rotatable bonds is 51. The zero-order chi connectivity index (χ0) is 44.9. The minimum Gasteiger partial charge on any atom is -0.462 e. The molecule has 0 fully saturated rings. The molecule has 0 aliphatic carbocycles. The number of allylic oxidation sites excluding steroid dienone is 6. The Balaban J connectivity index is 4.18. The molecule has 62 heavy (non-hydrogen) atoms. The van der Waals surface area contributed by atoms with E-state index in [-0.39, 0.29) is 25.2 Å². The Labute approximate surface area is 387 Å². The fraction of sp³-hybridized carbons (Fsp3) is 0.860. The molecule has 1 unspecified atom stereocenters. The molecule has 0 aromatic carbocycles. The molecule has 5 heteroatoms. The predicted molar refractivity (Wildman–Crippen MR) is 270 cm³/mol. The molecule has 0 spiro atoms. The maximum atomic E-state index is 12.8. The van der Waals surface area contributed by atoms with Gasteiger partial charge in [0.1, 0.15) is 6.61 Å². The largest absolute Gasteiger partial charge is 0.462 e. The molecular formula is C57H106O5. The van der Waals surface area contributed by atoms with Crippen molar-refractivity contribution in [3.63, 3.8) is 0 Å². The summed E-state index contributed by atoms with van der Waals surface area (Å²) in [5, 5.41) is 0. The zero-order valence-electron chi connectivity index (χ0n) is 41.9. The van der Waals surface area contributed by atoms with E-state index >= 15 is 0 Å². The van der Waals surface area contributed by atoms with Gasteiger partial charge in [0.25, 0.3) is 0 Å². The molecule has 5 nitrogen and oxygen atoms in total. The molecule has 0 N–H and O–H groups in total. The van der Waals surface area contributed by atoms with Crippen molar-refractivity contribution >= 4 is 11.9 Å². The van der Waals surface area contributed by atoms with Crippen LogP contribution < -0.4 is 0 Å². The third-order valence-corrected chi connectivity index (χ3v) is 12.1. The first-order valence-electron chi connectivity index (χ1n) is 27.5. The van der Waals surface area contributed by atoms with Gasteiger partial charge in [-0.25, -0.2) is 0 Å². The van der Waals surface area contributed by atoms with Crippen LogP contribution in [0.1, 0.15) is 290 Å². The first kappa shape index (κ1) is 60.1. The summed E-state index contributed by atoms with van der Waals surface area (Å²) in [6.07, 6.45) is 64.4. The predicted octanol–water partition coefficient (Wildman–Crippen LogP) is 18.6. The Morgan fingerprint density at radius 2 is 0.677 bits per heavy atom. The highest BCUT2D eigenvalue weighted by atomic mass is 16.6. The molecule has 0 rings (SSSR count). The average molecular weight is 871 g/mol. The zero-order valence-corrected chi connectivity index (χ0v) is 41.9. The summed E-state index contributed by atoms with van der Waals surface area (Å²) >= 11 is 0. The number of carbonyl (C=O) groups is 2. The van der Waals surface area contributed by atoms with Crippen LogP contribution in [-0.2, 0) is 23.8 Å². The Kier molecular flexibility index (Phi) is 51.8. The van der Waals surface area contributed by atoms with Crippen LogP contribution in [0.5, 0.6) is 0 Å². The smallest absolute Gasteiger partial charge is 0.306 e. The fourth-order valence-corrected chi connectivity index (χ4v) is 8.01. The van der Waals surface area contributed by atoms with E-state index in [4.69, 9.17) is 14.2 Å². The normalized spacial score (nSPS) is 12.4. The van der Waals surface area contributed by atoms with Crippen LogP contribution >= 0.6 is 0 Å². The van der Waals surface area contributed by atoms with Gasteiger partial charge in [0, 0.05) is 19.4 Å². The van der Waals surface area contributed by atoms with E-state index in [1.165, 1.54) is 218 Å². The lowest BCUT2D eigenvalue weighted by molar-refractivity contribution is -0.163. The lowest BCUT2D eigenvalue weighted by Gasteiger charge is -2.18. The van der Waals surface area contributed by atoms with Gasteiger partial charge in [0.05, 0.1) is 6.61 Å². The minimum absolute atomic E-state index is 0.0861. The lowest BCUT2D eigenvalue weighted by Crippen LogP contribution is -2.30. The van der Waals surface area contributed by atoms with E-state index in [2.05, 4.69) is 57.2 Å². The van der Waals surface area contributed by atoms with Gasteiger partial charge >= 0.3 is 11.9 Å². The summed E-state index contributed by atoms with van der Waals surface area (Å²) in [6, 6.07) is 0. The maximum Gasteiger partial charge on any atom is 0.306 e. The summed E-state index contributed by atoms with van der Waals surface area (Å²) in [6.45, 7) is 7.83. The molecule has 364 valence electrons. The van der Waals surface area contributed by atoms with Crippen molar-refractivity contribution in [2.75, 3.05) is 19.8 Å². The Hall–Kier alpha value is -1.88. The number of carbonyl (C=O) groups excluding carboxylic acids is 2. The van der Waals surface area contributed by atoms with Gasteiger partial charge in [-0.2, -0.15) is 0 Å². The van der Waals surface area contributed by atoms with E-state index in [9.17, 15) is 9.59 Å². The van der Waals surface area contributed by atoms with Crippen molar-refractivity contribution in [2.45, 2.75) is 297 Å². The van der Waals surface area contributed by atoms with Gasteiger partial charge in [-0.05, 0) is 77.0 Å². The van der Waals surface area contributed by atoms with E-state index < -0.39 is 6.10 Å². The summed E-state index contributed by atoms with van der Waals surface area (Å²) in [4.78, 5) is 25.4. The Morgan fingerprint density at radius 1 is 0.355 bits per heavy atom. The van der Waals surface area contributed by atoms with Gasteiger partial charge < -0.3 is 14.2 Å². The van der Waals surface area contributed by atoms with Gasteiger partial charge in [0.15, 0.2) is 6.10 Å². The second kappa shape index (κ2) is 53.5. The molecule has 0 amide bonds.